The van der Waals surface area contributed by atoms with E-state index in [1.54, 1.807) is 16.6 Å². The molecular formula is C17H19N5S. The molecule has 6 heteroatoms. The van der Waals surface area contributed by atoms with Crippen molar-refractivity contribution in [1.29, 1.82) is 0 Å². The largest absolute Gasteiger partial charge is 0.302 e. The summed E-state index contributed by atoms with van der Waals surface area (Å²) in [5, 5.41) is 10.8. The lowest BCUT2D eigenvalue weighted by molar-refractivity contribution is 0.567. The number of aromatic amines is 1. The van der Waals surface area contributed by atoms with Crippen molar-refractivity contribution in [3.8, 4) is 11.5 Å². The summed E-state index contributed by atoms with van der Waals surface area (Å²) in [7, 11) is 0. The minimum atomic E-state index is 0.328. The number of hydrogen-bond donors (Lipinski definition) is 2. The van der Waals surface area contributed by atoms with Crippen molar-refractivity contribution in [3.05, 3.63) is 51.6 Å². The van der Waals surface area contributed by atoms with Gasteiger partial charge in [0.1, 0.15) is 11.5 Å². The van der Waals surface area contributed by atoms with Crippen LogP contribution in [-0.4, -0.2) is 20.2 Å². The zero-order chi connectivity index (χ0) is 15.6. The van der Waals surface area contributed by atoms with E-state index in [1.807, 2.05) is 29.5 Å². The van der Waals surface area contributed by atoms with Gasteiger partial charge in [-0.05, 0) is 49.9 Å². The summed E-state index contributed by atoms with van der Waals surface area (Å²) in [5.41, 5.74) is 2.34. The van der Waals surface area contributed by atoms with Crippen LogP contribution in [0.25, 0.3) is 11.5 Å². The van der Waals surface area contributed by atoms with Crippen molar-refractivity contribution in [1.82, 2.24) is 25.5 Å². The van der Waals surface area contributed by atoms with Gasteiger partial charge in [-0.2, -0.15) is 5.10 Å². The standard InChI is InChI=1S/C17H19N5S/c1-11(15-9-12-5-4-7-14(12)23-15)19-10-16-20-17(22-21-16)13-6-2-3-8-18-13/h2-3,6,8-9,11,19H,4-5,7,10H2,1H3,(H,20,21,22). The highest BCUT2D eigenvalue weighted by Crippen LogP contribution is 2.33. The lowest BCUT2D eigenvalue weighted by Crippen LogP contribution is -2.18. The molecule has 118 valence electrons. The fourth-order valence-corrected chi connectivity index (χ4v) is 4.18. The summed E-state index contributed by atoms with van der Waals surface area (Å²) in [6, 6.07) is 8.43. The van der Waals surface area contributed by atoms with Gasteiger partial charge in [-0.1, -0.05) is 6.07 Å². The first-order valence-corrected chi connectivity index (χ1v) is 8.79. The molecule has 1 aliphatic carbocycles. The predicted molar refractivity (Wildman–Crippen MR) is 91.2 cm³/mol. The summed E-state index contributed by atoms with van der Waals surface area (Å²) in [4.78, 5) is 11.8. The molecule has 0 aliphatic heterocycles. The number of H-pyrrole nitrogens is 1. The van der Waals surface area contributed by atoms with Gasteiger partial charge in [-0.3, -0.25) is 10.1 Å². The first-order chi connectivity index (χ1) is 11.3. The number of hydrogen-bond acceptors (Lipinski definition) is 5. The van der Waals surface area contributed by atoms with Gasteiger partial charge in [0, 0.05) is 22.0 Å². The molecule has 1 atom stereocenters. The van der Waals surface area contributed by atoms with Crippen molar-refractivity contribution in [2.45, 2.75) is 38.8 Å². The highest BCUT2D eigenvalue weighted by molar-refractivity contribution is 7.12. The van der Waals surface area contributed by atoms with Crippen molar-refractivity contribution in [2.75, 3.05) is 0 Å². The van der Waals surface area contributed by atoms with Crippen LogP contribution >= 0.6 is 11.3 Å². The molecule has 0 fully saturated rings. The number of pyridine rings is 1. The molecule has 0 saturated carbocycles. The zero-order valence-electron chi connectivity index (χ0n) is 13.0. The number of thiophene rings is 1. The third-order valence-corrected chi connectivity index (χ3v) is 5.61. The van der Waals surface area contributed by atoms with Crippen molar-refractivity contribution < 1.29 is 0 Å². The Morgan fingerprint density at radius 3 is 3.13 bits per heavy atom. The Labute approximate surface area is 139 Å². The van der Waals surface area contributed by atoms with E-state index in [1.165, 1.54) is 24.1 Å². The van der Waals surface area contributed by atoms with Crippen molar-refractivity contribution in [3.63, 3.8) is 0 Å². The number of fused-ring (bicyclic) bond motifs is 1. The Kier molecular flexibility index (Phi) is 3.93. The van der Waals surface area contributed by atoms with Gasteiger partial charge in [0.15, 0.2) is 5.82 Å². The molecule has 1 aliphatic rings. The maximum atomic E-state index is 4.51. The Bertz CT molecular complexity index is 771. The van der Waals surface area contributed by atoms with Crippen LogP contribution in [0.5, 0.6) is 0 Å². The van der Waals surface area contributed by atoms with E-state index in [0.29, 0.717) is 18.4 Å². The smallest absolute Gasteiger partial charge is 0.199 e. The molecule has 0 bridgehead atoms. The molecule has 3 aromatic rings. The van der Waals surface area contributed by atoms with E-state index in [-0.39, 0.29) is 0 Å². The lowest BCUT2D eigenvalue weighted by atomic mass is 10.2. The highest BCUT2D eigenvalue weighted by atomic mass is 32.1. The Hall–Kier alpha value is -2.05. The van der Waals surface area contributed by atoms with Gasteiger partial charge in [-0.25, -0.2) is 4.98 Å². The van der Waals surface area contributed by atoms with E-state index >= 15 is 0 Å². The number of nitrogens with zero attached hydrogens (tertiary/aromatic N) is 3. The average Bonchev–Trinajstić information content (AvgIpc) is 3.29. The van der Waals surface area contributed by atoms with E-state index in [2.05, 4.69) is 38.5 Å². The van der Waals surface area contributed by atoms with Crippen LogP contribution in [0, 0.1) is 0 Å². The number of aryl methyl sites for hydroxylation is 2. The van der Waals surface area contributed by atoms with Crippen LogP contribution in [0.2, 0.25) is 0 Å². The first kappa shape index (κ1) is 14.5. The van der Waals surface area contributed by atoms with E-state index in [4.69, 9.17) is 0 Å². The minimum absolute atomic E-state index is 0.328. The van der Waals surface area contributed by atoms with Gasteiger partial charge >= 0.3 is 0 Å². The summed E-state index contributed by atoms with van der Waals surface area (Å²) in [6.45, 7) is 2.88. The zero-order valence-corrected chi connectivity index (χ0v) is 13.9. The summed E-state index contributed by atoms with van der Waals surface area (Å²) in [5.74, 6) is 1.48. The van der Waals surface area contributed by atoms with Crippen LogP contribution < -0.4 is 5.32 Å². The first-order valence-electron chi connectivity index (χ1n) is 7.97. The Morgan fingerprint density at radius 1 is 1.35 bits per heavy atom. The fourth-order valence-electron chi connectivity index (χ4n) is 2.90. The summed E-state index contributed by atoms with van der Waals surface area (Å²) in [6.07, 6.45) is 5.57. The number of nitrogens with one attached hydrogen (secondary N) is 2. The van der Waals surface area contributed by atoms with Crippen LogP contribution in [0.15, 0.2) is 30.5 Å². The molecule has 0 spiro atoms. The molecule has 4 rings (SSSR count). The molecule has 5 nitrogen and oxygen atoms in total. The van der Waals surface area contributed by atoms with E-state index in [0.717, 1.165) is 11.5 Å². The fraction of sp³-hybridized carbons (Fsp3) is 0.353. The SMILES string of the molecule is CC(NCc1nc(-c2ccccn2)n[nH]1)c1cc2c(s1)CCC2. The van der Waals surface area contributed by atoms with Crippen molar-refractivity contribution >= 4 is 11.3 Å². The van der Waals surface area contributed by atoms with E-state index in [9.17, 15) is 0 Å². The molecule has 0 aromatic carbocycles. The van der Waals surface area contributed by atoms with Gasteiger partial charge in [0.25, 0.3) is 0 Å². The third-order valence-electron chi connectivity index (χ3n) is 4.19. The van der Waals surface area contributed by atoms with Gasteiger partial charge in [-0.15, -0.1) is 11.3 Å². The van der Waals surface area contributed by atoms with Gasteiger partial charge in [0.2, 0.25) is 0 Å². The van der Waals surface area contributed by atoms with Gasteiger partial charge < -0.3 is 5.32 Å². The third kappa shape index (κ3) is 3.04. The molecule has 0 saturated heterocycles. The summed E-state index contributed by atoms with van der Waals surface area (Å²) >= 11 is 1.95. The molecule has 0 amide bonds. The molecule has 0 radical (unpaired) electrons. The predicted octanol–water partition coefficient (Wildman–Crippen LogP) is 3.27. The van der Waals surface area contributed by atoms with Crippen LogP contribution in [-0.2, 0) is 19.4 Å². The summed E-state index contributed by atoms with van der Waals surface area (Å²) < 4.78 is 0. The molecule has 3 heterocycles. The maximum Gasteiger partial charge on any atom is 0.199 e. The monoisotopic (exact) mass is 325 g/mol. The second-order valence-corrected chi connectivity index (χ2v) is 7.04. The Morgan fingerprint density at radius 2 is 2.30 bits per heavy atom. The second kappa shape index (κ2) is 6.22. The maximum absolute atomic E-state index is 4.51. The number of rotatable bonds is 5. The Balaban J connectivity index is 1.40. The molecule has 23 heavy (non-hydrogen) atoms. The molecule has 2 N–H and O–H groups in total. The molecule has 3 aromatic heterocycles. The number of aromatic nitrogens is 4. The highest BCUT2D eigenvalue weighted by Gasteiger charge is 2.18. The molecular weight excluding hydrogens is 306 g/mol. The normalized spacial score (nSPS) is 14.8. The molecule has 1 unspecified atom stereocenters. The quantitative estimate of drug-likeness (QED) is 0.755. The van der Waals surface area contributed by atoms with Crippen molar-refractivity contribution in [2.24, 2.45) is 0 Å². The average molecular weight is 325 g/mol. The van der Waals surface area contributed by atoms with Crippen LogP contribution in [0.3, 0.4) is 0 Å². The lowest BCUT2D eigenvalue weighted by Gasteiger charge is -2.10. The van der Waals surface area contributed by atoms with Crippen LogP contribution in [0.4, 0.5) is 0 Å². The minimum Gasteiger partial charge on any atom is -0.302 e. The van der Waals surface area contributed by atoms with E-state index < -0.39 is 0 Å². The van der Waals surface area contributed by atoms with Gasteiger partial charge in [0.05, 0.1) is 6.54 Å². The topological polar surface area (TPSA) is 66.5 Å². The second-order valence-electron chi connectivity index (χ2n) is 5.87. The van der Waals surface area contributed by atoms with Crippen LogP contribution in [0.1, 0.15) is 40.5 Å².